The topological polar surface area (TPSA) is 40.7 Å². The average Bonchev–Trinajstić information content (AvgIpc) is 2.62. The molecular formula is C12H21N3. The number of H-pyrrole nitrogens is 1. The van der Waals surface area contributed by atoms with Gasteiger partial charge in [-0.1, -0.05) is 25.7 Å². The SMILES string of the molecule is c1ncc(CNCC2CCCCCC2)[nH]1. The number of aromatic amines is 1. The molecule has 0 saturated heterocycles. The van der Waals surface area contributed by atoms with E-state index in [9.17, 15) is 0 Å². The van der Waals surface area contributed by atoms with Crippen LogP contribution in [0.5, 0.6) is 0 Å². The van der Waals surface area contributed by atoms with Crippen LogP contribution in [0, 0.1) is 5.92 Å². The first-order valence-corrected chi connectivity index (χ1v) is 6.13. The molecule has 0 bridgehead atoms. The van der Waals surface area contributed by atoms with E-state index in [1.54, 1.807) is 6.33 Å². The Balaban J connectivity index is 1.64. The van der Waals surface area contributed by atoms with E-state index in [0.717, 1.165) is 12.5 Å². The molecule has 0 unspecified atom stereocenters. The molecule has 3 nitrogen and oxygen atoms in total. The quantitative estimate of drug-likeness (QED) is 0.745. The van der Waals surface area contributed by atoms with Crippen LogP contribution in [0.3, 0.4) is 0 Å². The number of hydrogen-bond donors (Lipinski definition) is 2. The van der Waals surface area contributed by atoms with Crippen LogP contribution >= 0.6 is 0 Å². The van der Waals surface area contributed by atoms with E-state index in [2.05, 4.69) is 15.3 Å². The Morgan fingerprint density at radius 1 is 1.27 bits per heavy atom. The summed E-state index contributed by atoms with van der Waals surface area (Å²) < 4.78 is 0. The van der Waals surface area contributed by atoms with E-state index in [4.69, 9.17) is 0 Å². The van der Waals surface area contributed by atoms with Crippen molar-refractivity contribution in [3.05, 3.63) is 18.2 Å². The largest absolute Gasteiger partial charge is 0.347 e. The highest BCUT2D eigenvalue weighted by Crippen LogP contribution is 2.21. The summed E-state index contributed by atoms with van der Waals surface area (Å²) in [6.45, 7) is 2.09. The Bertz CT molecular complexity index is 248. The van der Waals surface area contributed by atoms with Gasteiger partial charge in [-0.3, -0.25) is 0 Å². The minimum atomic E-state index is 0.899. The van der Waals surface area contributed by atoms with Gasteiger partial charge < -0.3 is 10.3 Å². The lowest BCUT2D eigenvalue weighted by Gasteiger charge is -2.14. The predicted octanol–water partition coefficient (Wildman–Crippen LogP) is 2.47. The smallest absolute Gasteiger partial charge is 0.0922 e. The molecule has 2 N–H and O–H groups in total. The summed E-state index contributed by atoms with van der Waals surface area (Å²) in [4.78, 5) is 7.12. The summed E-state index contributed by atoms with van der Waals surface area (Å²) in [6.07, 6.45) is 12.2. The Labute approximate surface area is 91.7 Å². The Hall–Kier alpha value is -0.830. The maximum absolute atomic E-state index is 4.01. The molecule has 1 aromatic rings. The standard InChI is InChI=1S/C12H21N3/c1-2-4-6-11(5-3-1)7-13-8-12-9-14-10-15-12/h9-11,13H,1-8H2,(H,14,15). The van der Waals surface area contributed by atoms with Crippen LogP contribution in [0.2, 0.25) is 0 Å². The van der Waals surface area contributed by atoms with Crippen LogP contribution in [0.25, 0.3) is 0 Å². The number of aromatic nitrogens is 2. The van der Waals surface area contributed by atoms with E-state index in [0.29, 0.717) is 0 Å². The van der Waals surface area contributed by atoms with Crippen molar-refractivity contribution in [2.24, 2.45) is 5.92 Å². The minimum Gasteiger partial charge on any atom is -0.347 e. The molecule has 0 aliphatic heterocycles. The van der Waals surface area contributed by atoms with Gasteiger partial charge >= 0.3 is 0 Å². The molecule has 1 aliphatic rings. The molecular weight excluding hydrogens is 186 g/mol. The summed E-state index contributed by atoms with van der Waals surface area (Å²) in [5, 5.41) is 3.51. The van der Waals surface area contributed by atoms with Crippen LogP contribution in [-0.2, 0) is 6.54 Å². The zero-order valence-electron chi connectivity index (χ0n) is 9.34. The molecule has 0 atom stereocenters. The van der Waals surface area contributed by atoms with Crippen molar-refractivity contribution in [1.82, 2.24) is 15.3 Å². The van der Waals surface area contributed by atoms with Crippen molar-refractivity contribution in [2.75, 3.05) is 6.54 Å². The number of nitrogens with one attached hydrogen (secondary N) is 2. The van der Waals surface area contributed by atoms with Gasteiger partial charge in [0.25, 0.3) is 0 Å². The second kappa shape index (κ2) is 5.91. The third-order valence-corrected chi connectivity index (χ3v) is 3.28. The first-order chi connectivity index (χ1) is 7.45. The molecule has 1 heterocycles. The average molecular weight is 207 g/mol. The van der Waals surface area contributed by atoms with Crippen LogP contribution in [0.1, 0.15) is 44.2 Å². The van der Waals surface area contributed by atoms with Gasteiger partial charge in [0, 0.05) is 18.4 Å². The summed E-state index contributed by atoms with van der Waals surface area (Å²) in [6, 6.07) is 0. The third-order valence-electron chi connectivity index (χ3n) is 3.28. The lowest BCUT2D eigenvalue weighted by Crippen LogP contribution is -2.22. The fourth-order valence-electron chi connectivity index (χ4n) is 2.36. The molecule has 0 spiro atoms. The maximum atomic E-state index is 4.01. The first kappa shape index (κ1) is 10.7. The van der Waals surface area contributed by atoms with Crippen molar-refractivity contribution in [1.29, 1.82) is 0 Å². The highest BCUT2D eigenvalue weighted by Gasteiger charge is 2.11. The molecule has 3 heteroatoms. The minimum absolute atomic E-state index is 0.899. The Kier molecular flexibility index (Phi) is 4.21. The molecule has 1 fully saturated rings. The van der Waals surface area contributed by atoms with E-state index in [-0.39, 0.29) is 0 Å². The van der Waals surface area contributed by atoms with Gasteiger partial charge in [-0.05, 0) is 25.3 Å². The van der Waals surface area contributed by atoms with Gasteiger partial charge in [0.1, 0.15) is 0 Å². The van der Waals surface area contributed by atoms with Gasteiger partial charge in [0.2, 0.25) is 0 Å². The molecule has 0 amide bonds. The highest BCUT2D eigenvalue weighted by atomic mass is 14.9. The van der Waals surface area contributed by atoms with Crippen LogP contribution in [-0.4, -0.2) is 16.5 Å². The molecule has 1 aromatic heterocycles. The highest BCUT2D eigenvalue weighted by molar-refractivity contribution is 4.93. The number of hydrogen-bond acceptors (Lipinski definition) is 2. The first-order valence-electron chi connectivity index (χ1n) is 6.13. The van der Waals surface area contributed by atoms with Crippen LogP contribution < -0.4 is 5.32 Å². The van der Waals surface area contributed by atoms with Crippen molar-refractivity contribution in [3.63, 3.8) is 0 Å². The maximum Gasteiger partial charge on any atom is 0.0922 e. The van der Waals surface area contributed by atoms with Crippen molar-refractivity contribution in [3.8, 4) is 0 Å². The lowest BCUT2D eigenvalue weighted by molar-refractivity contribution is 0.424. The van der Waals surface area contributed by atoms with Crippen LogP contribution in [0.15, 0.2) is 12.5 Å². The van der Waals surface area contributed by atoms with E-state index in [1.165, 1.54) is 50.8 Å². The summed E-state index contributed by atoms with van der Waals surface area (Å²) in [5.41, 5.74) is 1.18. The molecule has 2 rings (SSSR count). The monoisotopic (exact) mass is 207 g/mol. The molecule has 15 heavy (non-hydrogen) atoms. The van der Waals surface area contributed by atoms with E-state index >= 15 is 0 Å². The summed E-state index contributed by atoms with van der Waals surface area (Å²) >= 11 is 0. The Morgan fingerprint density at radius 2 is 2.07 bits per heavy atom. The fourth-order valence-corrected chi connectivity index (χ4v) is 2.36. The van der Waals surface area contributed by atoms with Crippen molar-refractivity contribution >= 4 is 0 Å². The van der Waals surface area contributed by atoms with Gasteiger partial charge in [0.15, 0.2) is 0 Å². The third kappa shape index (κ3) is 3.67. The van der Waals surface area contributed by atoms with E-state index in [1.807, 2.05) is 6.20 Å². The van der Waals surface area contributed by atoms with Crippen LogP contribution in [0.4, 0.5) is 0 Å². The normalized spacial score (nSPS) is 18.9. The van der Waals surface area contributed by atoms with Gasteiger partial charge in [-0.2, -0.15) is 0 Å². The second-order valence-corrected chi connectivity index (χ2v) is 4.57. The molecule has 84 valence electrons. The number of nitrogens with zero attached hydrogens (tertiary/aromatic N) is 1. The summed E-state index contributed by atoms with van der Waals surface area (Å²) in [7, 11) is 0. The Morgan fingerprint density at radius 3 is 2.73 bits per heavy atom. The molecule has 1 aliphatic carbocycles. The molecule has 0 radical (unpaired) electrons. The van der Waals surface area contributed by atoms with Gasteiger partial charge in [-0.15, -0.1) is 0 Å². The number of imidazole rings is 1. The molecule has 1 saturated carbocycles. The van der Waals surface area contributed by atoms with Gasteiger partial charge in [0.05, 0.1) is 6.33 Å². The summed E-state index contributed by atoms with van der Waals surface area (Å²) in [5.74, 6) is 0.899. The number of rotatable bonds is 4. The second-order valence-electron chi connectivity index (χ2n) is 4.57. The fraction of sp³-hybridized carbons (Fsp3) is 0.750. The molecule has 0 aromatic carbocycles. The van der Waals surface area contributed by atoms with Crippen molar-refractivity contribution < 1.29 is 0 Å². The van der Waals surface area contributed by atoms with Crippen molar-refractivity contribution in [2.45, 2.75) is 45.1 Å². The zero-order valence-corrected chi connectivity index (χ0v) is 9.34. The lowest BCUT2D eigenvalue weighted by atomic mass is 10.0. The zero-order chi connectivity index (χ0) is 10.3. The predicted molar refractivity (Wildman–Crippen MR) is 61.5 cm³/mol. The van der Waals surface area contributed by atoms with Gasteiger partial charge in [-0.25, -0.2) is 4.98 Å². The van der Waals surface area contributed by atoms with E-state index < -0.39 is 0 Å².